The Morgan fingerprint density at radius 2 is 0.543 bits per heavy atom. The van der Waals surface area contributed by atoms with Crippen molar-refractivity contribution in [2.45, 2.75) is 407 Å². The molecule has 0 aliphatic heterocycles. The Bertz CT molecular complexity index is 1820. The van der Waals surface area contributed by atoms with Crippen LogP contribution in [0.2, 0.25) is 0 Å². The molecule has 0 fully saturated rings. The number of carbonyl (C=O) groups excluding carboxylic acids is 4. The van der Waals surface area contributed by atoms with E-state index in [0.717, 1.165) is 102 Å². The van der Waals surface area contributed by atoms with E-state index >= 15 is 0 Å². The van der Waals surface area contributed by atoms with Crippen LogP contribution in [0, 0.1) is 11.8 Å². The summed E-state index contributed by atoms with van der Waals surface area (Å²) in [4.78, 5) is 72.7. The average Bonchev–Trinajstić information content (AvgIpc) is 1.40. The van der Waals surface area contributed by atoms with Crippen LogP contribution in [0.1, 0.15) is 388 Å². The van der Waals surface area contributed by atoms with Gasteiger partial charge in [0.1, 0.15) is 19.3 Å². The summed E-state index contributed by atoms with van der Waals surface area (Å²) < 4.78 is 68.5. The van der Waals surface area contributed by atoms with Gasteiger partial charge in [0.05, 0.1) is 26.4 Å². The molecular formula is C75H146O17P2. The molecule has 0 rings (SSSR count). The standard InChI is InChI=1S/C75H146O17P2/c1-7-10-12-14-16-18-19-20-24-27-34-40-46-52-58-73(78)86-64-71(91-74(79)59-53-47-41-35-28-25-22-21-23-26-33-38-44-50-56-68(6)9-3)66-90-94(83,84)88-62-69(76)61-87-93(81,82)89-65-70(63-85-72(77)57-51-45-39-31-17-15-13-11-8-2)92-75(80)60-54-48-42-36-30-29-32-37-43-49-55-67(4)5/h67-71,76H,7-66H2,1-6H3,(H,81,82)(H,83,84)/t68?,69-,70+,71+/m0/s1. The van der Waals surface area contributed by atoms with E-state index < -0.39 is 97.5 Å². The highest BCUT2D eigenvalue weighted by atomic mass is 31.2. The molecule has 558 valence electrons. The number of aliphatic hydroxyl groups is 1. The predicted molar refractivity (Wildman–Crippen MR) is 381 cm³/mol. The molecule has 0 aliphatic carbocycles. The van der Waals surface area contributed by atoms with Gasteiger partial charge in [-0.2, -0.15) is 0 Å². The third kappa shape index (κ3) is 67.3. The smallest absolute Gasteiger partial charge is 0.462 e. The highest BCUT2D eigenvalue weighted by molar-refractivity contribution is 7.47. The molecule has 0 amide bonds. The minimum atomic E-state index is -4.96. The van der Waals surface area contributed by atoms with Crippen LogP contribution >= 0.6 is 15.6 Å². The van der Waals surface area contributed by atoms with Gasteiger partial charge in [-0.25, -0.2) is 9.13 Å². The van der Waals surface area contributed by atoms with Crippen molar-refractivity contribution in [3.8, 4) is 0 Å². The lowest BCUT2D eigenvalue weighted by molar-refractivity contribution is -0.161. The van der Waals surface area contributed by atoms with Gasteiger partial charge in [-0.3, -0.25) is 37.3 Å². The van der Waals surface area contributed by atoms with Crippen LogP contribution in [0.25, 0.3) is 0 Å². The van der Waals surface area contributed by atoms with E-state index in [2.05, 4.69) is 41.5 Å². The number of rotatable bonds is 74. The van der Waals surface area contributed by atoms with Gasteiger partial charge in [0.2, 0.25) is 0 Å². The topological polar surface area (TPSA) is 237 Å². The maximum Gasteiger partial charge on any atom is 0.472 e. The largest absolute Gasteiger partial charge is 0.472 e. The zero-order valence-corrected chi connectivity index (χ0v) is 63.1. The fourth-order valence-electron chi connectivity index (χ4n) is 11.4. The van der Waals surface area contributed by atoms with Crippen LogP contribution in [-0.4, -0.2) is 96.7 Å². The lowest BCUT2D eigenvalue weighted by Gasteiger charge is -2.21. The normalized spacial score (nSPS) is 14.3. The summed E-state index contributed by atoms with van der Waals surface area (Å²) in [6.45, 7) is 9.62. The van der Waals surface area contributed by atoms with Crippen LogP contribution < -0.4 is 0 Å². The molecular weight excluding hydrogens is 1230 g/mol. The van der Waals surface area contributed by atoms with Gasteiger partial charge in [0, 0.05) is 25.7 Å². The van der Waals surface area contributed by atoms with Gasteiger partial charge in [0.25, 0.3) is 0 Å². The van der Waals surface area contributed by atoms with Gasteiger partial charge in [-0.05, 0) is 37.5 Å². The molecule has 94 heavy (non-hydrogen) atoms. The lowest BCUT2D eigenvalue weighted by atomic mass is 9.99. The summed E-state index contributed by atoms with van der Waals surface area (Å²) in [6, 6.07) is 0. The second-order valence-corrected chi connectivity index (χ2v) is 30.7. The summed E-state index contributed by atoms with van der Waals surface area (Å²) in [5.74, 6) is -0.519. The van der Waals surface area contributed by atoms with Crippen molar-refractivity contribution in [1.29, 1.82) is 0 Å². The summed E-state index contributed by atoms with van der Waals surface area (Å²) in [5, 5.41) is 10.6. The highest BCUT2D eigenvalue weighted by Crippen LogP contribution is 2.45. The van der Waals surface area contributed by atoms with E-state index in [1.165, 1.54) is 205 Å². The molecule has 0 aliphatic rings. The van der Waals surface area contributed by atoms with Gasteiger partial charge < -0.3 is 33.8 Å². The first-order valence-corrected chi connectivity index (χ1v) is 42.0. The summed E-state index contributed by atoms with van der Waals surface area (Å²) >= 11 is 0. The van der Waals surface area contributed by atoms with E-state index in [4.69, 9.17) is 37.0 Å². The molecule has 0 aromatic carbocycles. The molecule has 3 unspecified atom stereocenters. The minimum Gasteiger partial charge on any atom is -0.462 e. The number of esters is 4. The number of aliphatic hydroxyl groups excluding tert-OH is 1. The Hall–Kier alpha value is -1.94. The molecule has 0 bridgehead atoms. The number of carbonyl (C=O) groups is 4. The van der Waals surface area contributed by atoms with E-state index in [1.54, 1.807) is 0 Å². The fraction of sp³-hybridized carbons (Fsp3) is 0.947. The van der Waals surface area contributed by atoms with E-state index in [-0.39, 0.29) is 25.7 Å². The predicted octanol–water partition coefficient (Wildman–Crippen LogP) is 21.9. The number of hydrogen-bond donors (Lipinski definition) is 3. The molecule has 0 saturated heterocycles. The van der Waals surface area contributed by atoms with Crippen LogP contribution in [0.3, 0.4) is 0 Å². The number of ether oxygens (including phenoxy) is 4. The third-order valence-electron chi connectivity index (χ3n) is 17.8. The van der Waals surface area contributed by atoms with Crippen molar-refractivity contribution < 1.29 is 80.2 Å². The van der Waals surface area contributed by atoms with Crippen LogP contribution in [0.15, 0.2) is 0 Å². The molecule has 19 heteroatoms. The fourth-order valence-corrected chi connectivity index (χ4v) is 13.0. The summed E-state index contributed by atoms with van der Waals surface area (Å²) in [6.07, 6.45) is 53.9. The molecule has 0 aromatic heterocycles. The van der Waals surface area contributed by atoms with Gasteiger partial charge in [-0.1, -0.05) is 337 Å². The number of unbranched alkanes of at least 4 members (excludes halogenated alkanes) is 43. The molecule has 0 heterocycles. The summed E-state index contributed by atoms with van der Waals surface area (Å²) in [5.41, 5.74) is 0. The maximum absolute atomic E-state index is 13.1. The molecule has 6 atom stereocenters. The van der Waals surface area contributed by atoms with Gasteiger partial charge in [-0.15, -0.1) is 0 Å². The Labute approximate surface area is 575 Å². The van der Waals surface area contributed by atoms with Crippen LogP contribution in [-0.2, 0) is 65.4 Å². The first kappa shape index (κ1) is 92.1. The van der Waals surface area contributed by atoms with Crippen LogP contribution in [0.4, 0.5) is 0 Å². The van der Waals surface area contributed by atoms with Gasteiger partial charge >= 0.3 is 39.5 Å². The third-order valence-corrected chi connectivity index (χ3v) is 19.7. The zero-order valence-electron chi connectivity index (χ0n) is 61.3. The molecule has 0 radical (unpaired) electrons. The Morgan fingerprint density at radius 3 is 0.809 bits per heavy atom. The lowest BCUT2D eigenvalue weighted by Crippen LogP contribution is -2.30. The molecule has 0 saturated carbocycles. The van der Waals surface area contributed by atoms with Crippen molar-refractivity contribution in [3.05, 3.63) is 0 Å². The monoisotopic (exact) mass is 1380 g/mol. The van der Waals surface area contributed by atoms with Crippen molar-refractivity contribution in [1.82, 2.24) is 0 Å². The zero-order chi connectivity index (χ0) is 69.3. The van der Waals surface area contributed by atoms with E-state index in [1.807, 2.05) is 0 Å². The Balaban J connectivity index is 5.23. The Kier molecular flexibility index (Phi) is 65.5. The van der Waals surface area contributed by atoms with Crippen molar-refractivity contribution in [2.75, 3.05) is 39.6 Å². The van der Waals surface area contributed by atoms with Crippen molar-refractivity contribution in [3.63, 3.8) is 0 Å². The first-order chi connectivity index (χ1) is 45.4. The van der Waals surface area contributed by atoms with E-state index in [0.29, 0.717) is 25.7 Å². The molecule has 3 N–H and O–H groups in total. The number of phosphoric ester groups is 2. The van der Waals surface area contributed by atoms with Crippen molar-refractivity contribution >= 4 is 39.5 Å². The summed E-state index contributed by atoms with van der Waals surface area (Å²) in [7, 11) is -9.91. The second-order valence-electron chi connectivity index (χ2n) is 27.8. The molecule has 0 spiro atoms. The van der Waals surface area contributed by atoms with Crippen LogP contribution in [0.5, 0.6) is 0 Å². The first-order valence-electron chi connectivity index (χ1n) is 39.0. The van der Waals surface area contributed by atoms with Crippen molar-refractivity contribution in [2.24, 2.45) is 11.8 Å². The van der Waals surface area contributed by atoms with E-state index in [9.17, 15) is 43.2 Å². The maximum atomic E-state index is 13.1. The Morgan fingerprint density at radius 1 is 0.309 bits per heavy atom. The SMILES string of the molecule is CCCCCCCCCCCCCCCCC(=O)OC[C@H](COP(=O)(O)OC[C@@H](O)COP(=O)(O)OC[C@@H](COC(=O)CCCCCCCCCCC)OC(=O)CCCCCCCCCCCCC(C)C)OC(=O)CCCCCCCCCCCCCCCCC(C)CC. The highest BCUT2D eigenvalue weighted by Gasteiger charge is 2.30. The molecule has 0 aromatic rings. The average molecular weight is 1380 g/mol. The van der Waals surface area contributed by atoms with Gasteiger partial charge in [0.15, 0.2) is 12.2 Å². The molecule has 17 nitrogen and oxygen atoms in total. The second kappa shape index (κ2) is 66.9. The quantitative estimate of drug-likeness (QED) is 0.0222. The number of phosphoric acid groups is 2. The minimum absolute atomic E-state index is 0.106. The number of hydrogen-bond acceptors (Lipinski definition) is 15.